The average molecular weight is 359 g/mol. The van der Waals surface area contributed by atoms with Crippen molar-refractivity contribution in [3.63, 3.8) is 0 Å². The zero-order valence-electron chi connectivity index (χ0n) is 13.7. The number of benzene rings is 2. The van der Waals surface area contributed by atoms with E-state index in [1.165, 1.54) is 23.9 Å². The standard InChI is InChI=1S/C19H18FNO3S/c1-12-2-4-13(5-3-12)14-6-7-15(16(20)10-14)17(22)21-19(18(23)24)8-9-25-11-19/h2-7,10H,8-9,11H2,1H3,(H,21,22)(H,23,24). The highest BCUT2D eigenvalue weighted by Gasteiger charge is 2.43. The third-order valence-corrected chi connectivity index (χ3v) is 5.57. The van der Waals surface area contributed by atoms with Gasteiger partial charge in [0.1, 0.15) is 11.4 Å². The van der Waals surface area contributed by atoms with Gasteiger partial charge in [-0.3, -0.25) is 4.79 Å². The number of carboxylic acids is 1. The van der Waals surface area contributed by atoms with Crippen LogP contribution in [0.1, 0.15) is 22.3 Å². The molecule has 25 heavy (non-hydrogen) atoms. The lowest BCUT2D eigenvalue weighted by Crippen LogP contribution is -2.54. The van der Waals surface area contributed by atoms with Crippen LogP contribution in [0.15, 0.2) is 42.5 Å². The summed E-state index contributed by atoms with van der Waals surface area (Å²) in [5, 5.41) is 11.9. The van der Waals surface area contributed by atoms with Gasteiger partial charge in [-0.05, 0) is 42.4 Å². The minimum atomic E-state index is -1.32. The van der Waals surface area contributed by atoms with E-state index in [9.17, 15) is 19.1 Å². The minimum absolute atomic E-state index is 0.145. The first-order chi connectivity index (χ1) is 11.9. The molecule has 1 heterocycles. The molecule has 2 aromatic rings. The Morgan fingerprint density at radius 2 is 1.84 bits per heavy atom. The maximum atomic E-state index is 14.5. The molecule has 0 aromatic heterocycles. The predicted octanol–water partition coefficient (Wildman–Crippen LogP) is 3.49. The molecule has 1 aliphatic rings. The topological polar surface area (TPSA) is 66.4 Å². The monoisotopic (exact) mass is 359 g/mol. The second kappa shape index (κ2) is 6.88. The summed E-state index contributed by atoms with van der Waals surface area (Å²) in [6, 6.07) is 12.0. The summed E-state index contributed by atoms with van der Waals surface area (Å²) < 4.78 is 14.5. The van der Waals surface area contributed by atoms with Crippen LogP contribution in [0.25, 0.3) is 11.1 Å². The van der Waals surface area contributed by atoms with E-state index in [0.29, 0.717) is 17.7 Å². The number of hydrogen-bond donors (Lipinski definition) is 2. The quantitative estimate of drug-likeness (QED) is 0.877. The van der Waals surface area contributed by atoms with Gasteiger partial charge in [0, 0.05) is 5.75 Å². The van der Waals surface area contributed by atoms with Crippen LogP contribution in [0.3, 0.4) is 0 Å². The van der Waals surface area contributed by atoms with E-state index < -0.39 is 23.2 Å². The van der Waals surface area contributed by atoms with Gasteiger partial charge in [0.15, 0.2) is 0 Å². The number of hydrogen-bond acceptors (Lipinski definition) is 3. The number of carbonyl (C=O) groups is 2. The van der Waals surface area contributed by atoms with Crippen molar-refractivity contribution in [2.45, 2.75) is 18.9 Å². The molecule has 4 nitrogen and oxygen atoms in total. The molecular weight excluding hydrogens is 341 g/mol. The van der Waals surface area contributed by atoms with Crippen LogP contribution < -0.4 is 5.32 Å². The summed E-state index contributed by atoms with van der Waals surface area (Å²) in [7, 11) is 0. The van der Waals surface area contributed by atoms with Gasteiger partial charge in [-0.1, -0.05) is 35.9 Å². The van der Waals surface area contributed by atoms with E-state index in [2.05, 4.69) is 5.32 Å². The van der Waals surface area contributed by atoms with Crippen LogP contribution in [0.4, 0.5) is 4.39 Å². The maximum absolute atomic E-state index is 14.5. The number of aryl methyl sites for hydroxylation is 1. The Morgan fingerprint density at radius 1 is 1.16 bits per heavy atom. The fourth-order valence-corrected chi connectivity index (χ4v) is 4.12. The highest BCUT2D eigenvalue weighted by Crippen LogP contribution is 2.29. The number of nitrogens with one attached hydrogen (secondary N) is 1. The predicted molar refractivity (Wildman–Crippen MR) is 96.3 cm³/mol. The fraction of sp³-hybridized carbons (Fsp3) is 0.263. The molecule has 2 aromatic carbocycles. The lowest BCUT2D eigenvalue weighted by molar-refractivity contribution is -0.143. The van der Waals surface area contributed by atoms with Crippen molar-refractivity contribution in [2.75, 3.05) is 11.5 Å². The van der Waals surface area contributed by atoms with Crippen molar-refractivity contribution < 1.29 is 19.1 Å². The summed E-state index contributed by atoms with van der Waals surface area (Å²) in [6.45, 7) is 1.97. The third-order valence-electron chi connectivity index (χ3n) is 4.38. The van der Waals surface area contributed by atoms with Gasteiger partial charge in [-0.25, -0.2) is 9.18 Å². The van der Waals surface area contributed by atoms with E-state index in [-0.39, 0.29) is 11.3 Å². The molecule has 1 amide bonds. The Hall–Kier alpha value is -2.34. The van der Waals surface area contributed by atoms with Crippen molar-refractivity contribution in [1.82, 2.24) is 5.32 Å². The smallest absolute Gasteiger partial charge is 0.330 e. The lowest BCUT2D eigenvalue weighted by Gasteiger charge is -2.24. The van der Waals surface area contributed by atoms with E-state index in [4.69, 9.17) is 0 Å². The average Bonchev–Trinajstić information content (AvgIpc) is 3.05. The zero-order valence-corrected chi connectivity index (χ0v) is 14.5. The highest BCUT2D eigenvalue weighted by atomic mass is 32.2. The number of carboxylic acid groups (broad SMARTS) is 1. The molecule has 6 heteroatoms. The number of carbonyl (C=O) groups excluding carboxylic acids is 1. The second-order valence-electron chi connectivity index (χ2n) is 6.20. The summed E-state index contributed by atoms with van der Waals surface area (Å²) in [6.07, 6.45) is 0.335. The SMILES string of the molecule is Cc1ccc(-c2ccc(C(=O)NC3(C(=O)O)CCSC3)c(F)c2)cc1. The Bertz CT molecular complexity index is 814. The van der Waals surface area contributed by atoms with Crippen molar-refractivity contribution >= 4 is 23.6 Å². The van der Waals surface area contributed by atoms with E-state index >= 15 is 0 Å². The molecule has 1 aliphatic heterocycles. The molecule has 1 fully saturated rings. The summed E-state index contributed by atoms with van der Waals surface area (Å²) in [4.78, 5) is 23.9. The molecule has 0 saturated carbocycles. The molecule has 0 spiro atoms. The highest BCUT2D eigenvalue weighted by molar-refractivity contribution is 7.99. The minimum Gasteiger partial charge on any atom is -0.479 e. The molecule has 1 unspecified atom stereocenters. The number of amides is 1. The van der Waals surface area contributed by atoms with E-state index in [1.54, 1.807) is 6.07 Å². The number of thioether (sulfide) groups is 1. The summed E-state index contributed by atoms with van der Waals surface area (Å²) in [5.74, 6) is -1.50. The van der Waals surface area contributed by atoms with Crippen molar-refractivity contribution in [3.8, 4) is 11.1 Å². The van der Waals surface area contributed by atoms with Gasteiger partial charge in [0.2, 0.25) is 0 Å². The molecule has 3 rings (SSSR count). The van der Waals surface area contributed by atoms with Crippen molar-refractivity contribution in [3.05, 3.63) is 59.4 Å². The van der Waals surface area contributed by atoms with Crippen molar-refractivity contribution in [2.24, 2.45) is 0 Å². The summed E-state index contributed by atoms with van der Waals surface area (Å²) >= 11 is 1.46. The normalized spacial score (nSPS) is 19.6. The van der Waals surface area contributed by atoms with Gasteiger partial charge < -0.3 is 10.4 Å². The Balaban J connectivity index is 1.84. The van der Waals surface area contributed by atoms with Crippen LogP contribution in [-0.4, -0.2) is 34.0 Å². The molecule has 1 saturated heterocycles. The lowest BCUT2D eigenvalue weighted by atomic mass is 9.97. The van der Waals surface area contributed by atoms with Gasteiger partial charge in [0.05, 0.1) is 5.56 Å². The molecule has 1 atom stereocenters. The first-order valence-electron chi connectivity index (χ1n) is 7.91. The number of rotatable bonds is 4. The third kappa shape index (κ3) is 3.54. The van der Waals surface area contributed by atoms with Crippen LogP contribution in [-0.2, 0) is 4.79 Å². The molecule has 0 bridgehead atoms. The molecular formula is C19H18FNO3S. The molecule has 130 valence electrons. The van der Waals surface area contributed by atoms with Gasteiger partial charge in [-0.2, -0.15) is 11.8 Å². The second-order valence-corrected chi connectivity index (χ2v) is 7.31. The van der Waals surface area contributed by atoms with Crippen molar-refractivity contribution in [1.29, 1.82) is 0 Å². The number of halogens is 1. The molecule has 0 radical (unpaired) electrons. The van der Waals surface area contributed by atoms with E-state index in [0.717, 1.165) is 11.1 Å². The largest absolute Gasteiger partial charge is 0.479 e. The summed E-state index contributed by atoms with van der Waals surface area (Å²) in [5.41, 5.74) is 1.16. The maximum Gasteiger partial charge on any atom is 0.330 e. The molecule has 2 N–H and O–H groups in total. The van der Waals surface area contributed by atoms with Crippen LogP contribution in [0.2, 0.25) is 0 Å². The van der Waals surface area contributed by atoms with Gasteiger partial charge in [0.25, 0.3) is 5.91 Å². The Morgan fingerprint density at radius 3 is 2.40 bits per heavy atom. The first-order valence-corrected chi connectivity index (χ1v) is 9.07. The van der Waals surface area contributed by atoms with Gasteiger partial charge >= 0.3 is 5.97 Å². The first kappa shape index (κ1) is 17.5. The van der Waals surface area contributed by atoms with Gasteiger partial charge in [-0.15, -0.1) is 0 Å². The van der Waals surface area contributed by atoms with E-state index in [1.807, 2.05) is 31.2 Å². The van der Waals surface area contributed by atoms with Crippen LogP contribution in [0, 0.1) is 12.7 Å². The fourth-order valence-electron chi connectivity index (χ4n) is 2.80. The zero-order chi connectivity index (χ0) is 18.0. The Kier molecular flexibility index (Phi) is 4.81. The Labute approximate surface area is 149 Å². The number of aliphatic carboxylic acids is 1. The van der Waals surface area contributed by atoms with Crippen LogP contribution >= 0.6 is 11.8 Å². The van der Waals surface area contributed by atoms with Crippen LogP contribution in [0.5, 0.6) is 0 Å². The molecule has 0 aliphatic carbocycles.